The summed E-state index contributed by atoms with van der Waals surface area (Å²) in [6, 6.07) is 15.0. The van der Waals surface area contributed by atoms with Crippen molar-refractivity contribution in [2.24, 2.45) is 0 Å². The maximum absolute atomic E-state index is 13.0. The summed E-state index contributed by atoms with van der Waals surface area (Å²) < 4.78 is 2.09. The summed E-state index contributed by atoms with van der Waals surface area (Å²) >= 11 is 6.12. The number of carboxylic acid groups (broad SMARTS) is 1. The Hall–Kier alpha value is -3.31. The molecule has 6 heteroatoms. The van der Waals surface area contributed by atoms with Crippen molar-refractivity contribution in [1.29, 1.82) is 0 Å². The first-order valence-corrected chi connectivity index (χ1v) is 10.6. The molecule has 158 valence electrons. The molecule has 31 heavy (non-hydrogen) atoms. The lowest BCUT2D eigenvalue weighted by Crippen LogP contribution is -2.23. The highest BCUT2D eigenvalue weighted by Crippen LogP contribution is 2.24. The van der Waals surface area contributed by atoms with Gasteiger partial charge in [-0.2, -0.15) is 0 Å². The number of allylic oxidation sites excluding steroid dienone is 4. The van der Waals surface area contributed by atoms with Crippen LogP contribution in [0.15, 0.2) is 78.5 Å². The second kappa shape index (κ2) is 9.23. The molecule has 5 nitrogen and oxygen atoms in total. The Morgan fingerprint density at radius 2 is 1.87 bits per heavy atom. The van der Waals surface area contributed by atoms with Crippen LogP contribution in [0, 0.1) is 0 Å². The van der Waals surface area contributed by atoms with Crippen LogP contribution in [0.2, 0.25) is 0 Å². The molecule has 0 radical (unpaired) electrons. The van der Waals surface area contributed by atoms with Crippen molar-refractivity contribution >= 4 is 34.4 Å². The predicted octanol–water partition coefficient (Wildman–Crippen LogP) is 4.69. The number of hydrogen-bond acceptors (Lipinski definition) is 2. The summed E-state index contributed by atoms with van der Waals surface area (Å²) in [5.41, 5.74) is 4.35. The Balaban J connectivity index is 1.49. The monoisotopic (exact) mass is 434 g/mol. The third-order valence-electron chi connectivity index (χ3n) is 5.34. The van der Waals surface area contributed by atoms with Gasteiger partial charge in [0.25, 0.3) is 5.91 Å². The standard InChI is InChI=1S/C25H23ClN2O3/c26-21-10-8-19(9-11-21)16-28-13-12-20-2-1-3-22(24(20)28)25(31)27-15-18-6-4-17(5-7-18)14-23(29)30/h1-10,12-13,21H,11,14-16H2,(H,27,31)(H,29,30). The summed E-state index contributed by atoms with van der Waals surface area (Å²) in [6.07, 6.45) is 8.99. The van der Waals surface area contributed by atoms with Crippen LogP contribution >= 0.6 is 11.6 Å². The highest BCUT2D eigenvalue weighted by atomic mass is 35.5. The first-order valence-electron chi connectivity index (χ1n) is 10.2. The van der Waals surface area contributed by atoms with Gasteiger partial charge in [0, 0.05) is 24.7 Å². The minimum atomic E-state index is -0.862. The topological polar surface area (TPSA) is 71.3 Å². The van der Waals surface area contributed by atoms with E-state index >= 15 is 0 Å². The minimum absolute atomic E-state index is 0.0111. The molecule has 1 aliphatic rings. The van der Waals surface area contributed by atoms with Gasteiger partial charge < -0.3 is 15.0 Å². The first kappa shape index (κ1) is 20.9. The molecule has 1 amide bonds. The SMILES string of the molecule is O=C(O)Cc1ccc(CNC(=O)c2cccc3ccn(CC4=CCC(Cl)C=C4)c23)cc1. The summed E-state index contributed by atoms with van der Waals surface area (Å²) in [6.45, 7) is 1.05. The Labute approximate surface area is 185 Å². The number of aliphatic carboxylic acids is 1. The van der Waals surface area contributed by atoms with Gasteiger partial charge in [0.05, 0.1) is 22.9 Å². The average molecular weight is 435 g/mol. The number of nitrogens with zero attached hydrogens (tertiary/aromatic N) is 1. The van der Waals surface area contributed by atoms with Gasteiger partial charge in [-0.3, -0.25) is 9.59 Å². The molecule has 2 aromatic carbocycles. The molecule has 0 bridgehead atoms. The second-order valence-electron chi connectivity index (χ2n) is 7.65. The fraction of sp³-hybridized carbons (Fsp3) is 0.200. The lowest BCUT2D eigenvalue weighted by Gasteiger charge is -2.14. The molecule has 0 fully saturated rings. The molecule has 1 aromatic heterocycles. The molecule has 4 rings (SSSR count). The van der Waals surface area contributed by atoms with E-state index in [1.807, 2.05) is 54.7 Å². The predicted molar refractivity (Wildman–Crippen MR) is 122 cm³/mol. The lowest BCUT2D eigenvalue weighted by molar-refractivity contribution is -0.136. The first-order chi connectivity index (χ1) is 15.0. The number of nitrogens with one attached hydrogen (secondary N) is 1. The van der Waals surface area contributed by atoms with Crippen LogP contribution in [0.5, 0.6) is 0 Å². The van der Waals surface area contributed by atoms with Gasteiger partial charge in [0.1, 0.15) is 0 Å². The Bertz CT molecular complexity index is 1180. The maximum Gasteiger partial charge on any atom is 0.307 e. The number of amides is 1. The molecule has 1 atom stereocenters. The van der Waals surface area contributed by atoms with Gasteiger partial charge in [0.15, 0.2) is 0 Å². The number of benzene rings is 2. The third-order valence-corrected chi connectivity index (χ3v) is 5.67. The van der Waals surface area contributed by atoms with Crippen molar-refractivity contribution in [2.75, 3.05) is 0 Å². The number of carbonyl (C=O) groups excluding carboxylic acids is 1. The molecule has 1 unspecified atom stereocenters. The van der Waals surface area contributed by atoms with Gasteiger partial charge >= 0.3 is 5.97 Å². The smallest absolute Gasteiger partial charge is 0.307 e. The number of halogens is 1. The van der Waals surface area contributed by atoms with Crippen LogP contribution in [0.3, 0.4) is 0 Å². The van der Waals surface area contributed by atoms with E-state index in [4.69, 9.17) is 16.7 Å². The largest absolute Gasteiger partial charge is 0.481 e. The van der Waals surface area contributed by atoms with Gasteiger partial charge in [-0.05, 0) is 35.3 Å². The van der Waals surface area contributed by atoms with E-state index in [0.29, 0.717) is 18.7 Å². The number of aromatic nitrogens is 1. The van der Waals surface area contributed by atoms with E-state index in [2.05, 4.69) is 16.0 Å². The van der Waals surface area contributed by atoms with Crippen LogP contribution in [0.25, 0.3) is 10.9 Å². The minimum Gasteiger partial charge on any atom is -0.481 e. The van der Waals surface area contributed by atoms with Crippen LogP contribution in [-0.4, -0.2) is 26.9 Å². The zero-order valence-corrected chi connectivity index (χ0v) is 17.7. The highest BCUT2D eigenvalue weighted by molar-refractivity contribution is 6.22. The van der Waals surface area contributed by atoms with Gasteiger partial charge in [-0.1, -0.05) is 54.6 Å². The van der Waals surface area contributed by atoms with E-state index in [0.717, 1.165) is 28.5 Å². The number of carbonyl (C=O) groups is 2. The van der Waals surface area contributed by atoms with E-state index in [1.165, 1.54) is 5.57 Å². The molecule has 0 saturated heterocycles. The van der Waals surface area contributed by atoms with Crippen molar-refractivity contribution in [3.63, 3.8) is 0 Å². The third kappa shape index (κ3) is 5.06. The van der Waals surface area contributed by atoms with Crippen LogP contribution < -0.4 is 5.32 Å². The number of alkyl halides is 1. The Morgan fingerprint density at radius 3 is 2.58 bits per heavy atom. The van der Waals surface area contributed by atoms with E-state index in [9.17, 15) is 9.59 Å². The Kier molecular flexibility index (Phi) is 6.23. The van der Waals surface area contributed by atoms with Gasteiger partial charge in [0.2, 0.25) is 0 Å². The quantitative estimate of drug-likeness (QED) is 0.530. The molecule has 0 aliphatic heterocycles. The molecule has 1 heterocycles. The summed E-state index contributed by atoms with van der Waals surface area (Å²) in [5, 5.41) is 12.9. The fourth-order valence-corrected chi connectivity index (χ4v) is 3.92. The van der Waals surface area contributed by atoms with E-state index < -0.39 is 5.97 Å². The molecule has 0 saturated carbocycles. The second-order valence-corrected chi connectivity index (χ2v) is 8.21. The van der Waals surface area contributed by atoms with Crippen molar-refractivity contribution in [3.8, 4) is 0 Å². The van der Waals surface area contributed by atoms with Crippen molar-refractivity contribution in [2.45, 2.75) is 31.3 Å². The van der Waals surface area contributed by atoms with Crippen LogP contribution in [0.4, 0.5) is 0 Å². The summed E-state index contributed by atoms with van der Waals surface area (Å²) in [7, 11) is 0. The summed E-state index contributed by atoms with van der Waals surface area (Å²) in [5.74, 6) is -1.01. The van der Waals surface area contributed by atoms with E-state index in [-0.39, 0.29) is 17.7 Å². The number of fused-ring (bicyclic) bond motifs is 1. The summed E-state index contributed by atoms with van der Waals surface area (Å²) in [4.78, 5) is 23.8. The van der Waals surface area contributed by atoms with Gasteiger partial charge in [-0.25, -0.2) is 0 Å². The van der Waals surface area contributed by atoms with Crippen LogP contribution in [0.1, 0.15) is 27.9 Å². The van der Waals surface area contributed by atoms with Crippen molar-refractivity contribution in [1.82, 2.24) is 9.88 Å². The number of hydrogen-bond donors (Lipinski definition) is 2. The molecule has 2 N–H and O–H groups in total. The Morgan fingerprint density at radius 1 is 1.10 bits per heavy atom. The van der Waals surface area contributed by atoms with Crippen LogP contribution in [-0.2, 0) is 24.3 Å². The number of carboxylic acids is 1. The van der Waals surface area contributed by atoms with Crippen molar-refractivity contribution < 1.29 is 14.7 Å². The zero-order chi connectivity index (χ0) is 21.8. The molecule has 1 aliphatic carbocycles. The zero-order valence-electron chi connectivity index (χ0n) is 16.9. The normalized spacial score (nSPS) is 15.6. The molecular formula is C25H23ClN2O3. The van der Waals surface area contributed by atoms with E-state index in [1.54, 1.807) is 12.1 Å². The fourth-order valence-electron chi connectivity index (χ4n) is 3.76. The lowest BCUT2D eigenvalue weighted by atomic mass is 10.1. The molecular weight excluding hydrogens is 412 g/mol. The number of rotatable bonds is 7. The number of para-hydroxylation sites is 1. The highest BCUT2D eigenvalue weighted by Gasteiger charge is 2.15. The van der Waals surface area contributed by atoms with Gasteiger partial charge in [-0.15, -0.1) is 11.6 Å². The van der Waals surface area contributed by atoms with Crippen molar-refractivity contribution in [3.05, 3.63) is 95.2 Å². The molecule has 0 spiro atoms. The average Bonchev–Trinajstić information content (AvgIpc) is 3.17. The maximum atomic E-state index is 13.0. The molecule has 3 aromatic rings.